The Bertz CT molecular complexity index is 703. The molecular weight excluding hydrogens is 326 g/mol. The molecule has 5 heteroatoms. The van der Waals surface area contributed by atoms with E-state index in [-0.39, 0.29) is 18.2 Å². The van der Waals surface area contributed by atoms with Crippen LogP contribution in [0.4, 0.5) is 0 Å². The molecule has 1 unspecified atom stereocenters. The number of halogens is 1. The highest BCUT2D eigenvalue weighted by atomic mass is 35.5. The van der Waals surface area contributed by atoms with Crippen LogP contribution in [0.5, 0.6) is 0 Å². The third kappa shape index (κ3) is 5.10. The molecule has 4 nitrogen and oxygen atoms in total. The van der Waals surface area contributed by atoms with Crippen molar-refractivity contribution in [3.05, 3.63) is 70.7 Å². The lowest BCUT2D eigenvalue weighted by molar-refractivity contribution is -0.142. The fourth-order valence-electron chi connectivity index (χ4n) is 2.45. The minimum atomic E-state index is -1.04. The number of carbonyl (C=O) groups excluding carboxylic acids is 1. The summed E-state index contributed by atoms with van der Waals surface area (Å²) >= 11 is 6.11. The largest absolute Gasteiger partial charge is 0.480 e. The molecule has 0 radical (unpaired) electrons. The first-order chi connectivity index (χ1) is 11.5. The molecule has 0 aromatic heterocycles. The molecule has 24 heavy (non-hydrogen) atoms. The van der Waals surface area contributed by atoms with Crippen LogP contribution in [0.25, 0.3) is 0 Å². The van der Waals surface area contributed by atoms with Gasteiger partial charge >= 0.3 is 5.97 Å². The molecule has 0 aliphatic rings. The van der Waals surface area contributed by atoms with E-state index in [9.17, 15) is 14.7 Å². The molecule has 2 aromatic carbocycles. The number of carbonyl (C=O) groups is 2. The molecule has 0 aliphatic heterocycles. The molecule has 2 rings (SSSR count). The van der Waals surface area contributed by atoms with Crippen molar-refractivity contribution >= 4 is 23.5 Å². The number of carboxylic acids is 1. The monoisotopic (exact) mass is 345 g/mol. The zero-order chi connectivity index (χ0) is 17.5. The Hall–Kier alpha value is -2.33. The fourth-order valence-corrected chi connectivity index (χ4v) is 2.66. The summed E-state index contributed by atoms with van der Waals surface area (Å²) in [7, 11) is 0. The highest BCUT2D eigenvalue weighted by Crippen LogP contribution is 2.19. The Balaban J connectivity index is 1.99. The summed E-state index contributed by atoms with van der Waals surface area (Å²) in [5.74, 6) is -1.71. The van der Waals surface area contributed by atoms with Gasteiger partial charge < -0.3 is 10.4 Å². The van der Waals surface area contributed by atoms with Gasteiger partial charge in [0.15, 0.2) is 0 Å². The second kappa shape index (κ2) is 8.50. The van der Waals surface area contributed by atoms with Crippen LogP contribution in [0.15, 0.2) is 54.6 Å². The summed E-state index contributed by atoms with van der Waals surface area (Å²) < 4.78 is 0. The molecule has 0 heterocycles. The van der Waals surface area contributed by atoms with E-state index >= 15 is 0 Å². The normalized spacial score (nSPS) is 13.1. The second-order valence-corrected chi connectivity index (χ2v) is 6.19. The minimum absolute atomic E-state index is 0.251. The van der Waals surface area contributed by atoms with E-state index < -0.39 is 12.0 Å². The summed E-state index contributed by atoms with van der Waals surface area (Å²) in [5, 5.41) is 12.6. The number of carboxylic acid groups (broad SMARTS) is 1. The quantitative estimate of drug-likeness (QED) is 0.808. The number of nitrogens with one attached hydrogen (secondary N) is 1. The Morgan fingerprint density at radius 2 is 1.67 bits per heavy atom. The summed E-state index contributed by atoms with van der Waals surface area (Å²) in [6.07, 6.45) is 0.712. The predicted molar refractivity (Wildman–Crippen MR) is 94.0 cm³/mol. The zero-order valence-corrected chi connectivity index (χ0v) is 14.2. The second-order valence-electron chi connectivity index (χ2n) is 5.79. The van der Waals surface area contributed by atoms with Gasteiger partial charge in [-0.2, -0.15) is 0 Å². The van der Waals surface area contributed by atoms with Crippen molar-refractivity contribution in [2.75, 3.05) is 0 Å². The number of rotatable bonds is 7. The summed E-state index contributed by atoms with van der Waals surface area (Å²) in [5.41, 5.74) is 1.74. The van der Waals surface area contributed by atoms with Crippen LogP contribution in [-0.2, 0) is 22.4 Å². The zero-order valence-electron chi connectivity index (χ0n) is 13.4. The highest BCUT2D eigenvalue weighted by Gasteiger charge is 2.23. The van der Waals surface area contributed by atoms with E-state index in [0.717, 1.165) is 11.1 Å². The average Bonchev–Trinajstić information content (AvgIpc) is 2.57. The van der Waals surface area contributed by atoms with Crippen molar-refractivity contribution < 1.29 is 14.7 Å². The van der Waals surface area contributed by atoms with Crippen LogP contribution in [0.2, 0.25) is 5.02 Å². The van der Waals surface area contributed by atoms with Crippen molar-refractivity contribution in [1.29, 1.82) is 0 Å². The molecule has 0 aliphatic carbocycles. The van der Waals surface area contributed by atoms with Gasteiger partial charge in [-0.15, -0.1) is 0 Å². The van der Waals surface area contributed by atoms with Gasteiger partial charge in [0.1, 0.15) is 6.04 Å². The van der Waals surface area contributed by atoms with Crippen LogP contribution in [0.3, 0.4) is 0 Å². The maximum Gasteiger partial charge on any atom is 0.326 e. The molecule has 0 saturated heterocycles. The average molecular weight is 346 g/mol. The SMILES string of the molecule is CC(Cc1ccccc1Cl)C(=O)N[C@@H](Cc1ccccc1)C(=O)O. The summed E-state index contributed by atoms with van der Waals surface area (Å²) in [6, 6.07) is 15.6. The van der Waals surface area contributed by atoms with Gasteiger partial charge in [0.25, 0.3) is 0 Å². The Morgan fingerprint density at radius 1 is 1.04 bits per heavy atom. The highest BCUT2D eigenvalue weighted by molar-refractivity contribution is 6.31. The lowest BCUT2D eigenvalue weighted by atomic mass is 9.99. The Morgan fingerprint density at radius 3 is 2.29 bits per heavy atom. The Kier molecular flexibility index (Phi) is 6.38. The van der Waals surface area contributed by atoms with Crippen LogP contribution in [-0.4, -0.2) is 23.0 Å². The van der Waals surface area contributed by atoms with E-state index in [1.54, 1.807) is 13.0 Å². The molecule has 2 aromatic rings. The first-order valence-electron chi connectivity index (χ1n) is 7.78. The molecule has 2 N–H and O–H groups in total. The predicted octanol–water partition coefficient (Wildman–Crippen LogP) is 3.33. The van der Waals surface area contributed by atoms with Crippen molar-refractivity contribution in [1.82, 2.24) is 5.32 Å². The van der Waals surface area contributed by atoms with Crippen LogP contribution >= 0.6 is 11.6 Å². The molecule has 2 atom stereocenters. The maximum absolute atomic E-state index is 12.3. The van der Waals surface area contributed by atoms with Crippen LogP contribution < -0.4 is 5.32 Å². The number of amides is 1. The van der Waals surface area contributed by atoms with E-state index in [1.807, 2.05) is 48.5 Å². The third-order valence-electron chi connectivity index (χ3n) is 3.83. The van der Waals surface area contributed by atoms with Crippen molar-refractivity contribution in [2.45, 2.75) is 25.8 Å². The Labute approximate surface area is 146 Å². The van der Waals surface area contributed by atoms with Crippen molar-refractivity contribution in [2.24, 2.45) is 5.92 Å². The van der Waals surface area contributed by atoms with Gasteiger partial charge in [0.2, 0.25) is 5.91 Å². The first-order valence-corrected chi connectivity index (χ1v) is 8.15. The first kappa shape index (κ1) is 18.0. The molecule has 0 bridgehead atoms. The van der Waals surface area contributed by atoms with Crippen LogP contribution in [0.1, 0.15) is 18.1 Å². The van der Waals surface area contributed by atoms with Gasteiger partial charge in [-0.1, -0.05) is 67.1 Å². The number of hydrogen-bond acceptors (Lipinski definition) is 2. The molecule has 0 spiro atoms. The van der Waals surface area contributed by atoms with E-state index in [2.05, 4.69) is 5.32 Å². The smallest absolute Gasteiger partial charge is 0.326 e. The lowest BCUT2D eigenvalue weighted by Gasteiger charge is -2.18. The van der Waals surface area contributed by atoms with E-state index in [0.29, 0.717) is 11.4 Å². The standard InChI is InChI=1S/C19H20ClNO3/c1-13(11-15-9-5-6-10-16(15)20)18(22)21-17(19(23)24)12-14-7-3-2-4-8-14/h2-10,13,17H,11-12H2,1H3,(H,21,22)(H,23,24)/t13?,17-/m0/s1. The van der Waals surface area contributed by atoms with Gasteiger partial charge in [0.05, 0.1) is 0 Å². The van der Waals surface area contributed by atoms with Gasteiger partial charge in [0, 0.05) is 17.4 Å². The van der Waals surface area contributed by atoms with E-state index in [1.165, 1.54) is 0 Å². The minimum Gasteiger partial charge on any atom is -0.480 e. The molecule has 1 amide bonds. The van der Waals surface area contributed by atoms with Gasteiger partial charge in [-0.25, -0.2) is 4.79 Å². The fraction of sp³-hybridized carbons (Fsp3) is 0.263. The molecule has 0 fully saturated rings. The van der Waals surface area contributed by atoms with Gasteiger partial charge in [-0.3, -0.25) is 4.79 Å². The summed E-state index contributed by atoms with van der Waals surface area (Å²) in [6.45, 7) is 1.76. The number of aliphatic carboxylic acids is 1. The summed E-state index contributed by atoms with van der Waals surface area (Å²) in [4.78, 5) is 23.8. The third-order valence-corrected chi connectivity index (χ3v) is 4.20. The van der Waals surface area contributed by atoms with Crippen molar-refractivity contribution in [3.63, 3.8) is 0 Å². The lowest BCUT2D eigenvalue weighted by Crippen LogP contribution is -2.44. The van der Waals surface area contributed by atoms with E-state index in [4.69, 9.17) is 11.6 Å². The molecular formula is C19H20ClNO3. The topological polar surface area (TPSA) is 66.4 Å². The molecule has 126 valence electrons. The van der Waals surface area contributed by atoms with Crippen LogP contribution in [0, 0.1) is 5.92 Å². The van der Waals surface area contributed by atoms with Crippen molar-refractivity contribution in [3.8, 4) is 0 Å². The maximum atomic E-state index is 12.3. The number of benzene rings is 2. The van der Waals surface area contributed by atoms with Gasteiger partial charge in [-0.05, 0) is 23.6 Å². The number of hydrogen-bond donors (Lipinski definition) is 2. The molecule has 0 saturated carbocycles.